The van der Waals surface area contributed by atoms with Gasteiger partial charge in [0.05, 0.1) is 11.8 Å². The van der Waals surface area contributed by atoms with E-state index in [1.807, 2.05) is 36.4 Å². The van der Waals surface area contributed by atoms with E-state index in [0.29, 0.717) is 24.3 Å². The molecule has 2 aliphatic rings. The highest BCUT2D eigenvalue weighted by molar-refractivity contribution is 7.99. The first-order valence-corrected chi connectivity index (χ1v) is 11.1. The standard InChI is InChI=1S/C23H22N4O3S/c24-13-6-14-31-19-11-4-3-10-18(19)25-20(28)15-27-21(29)23(26-22(27)30)12-5-8-16-7-1-2-9-17(16)23/h1-4,7,9-11H,5-6,8,12,14-15H2,(H,25,28)(H,26,30)/t23-/m1/s1. The van der Waals surface area contributed by atoms with Crippen molar-refractivity contribution in [2.24, 2.45) is 0 Å². The van der Waals surface area contributed by atoms with Gasteiger partial charge in [-0.25, -0.2) is 4.79 Å². The molecule has 1 heterocycles. The fourth-order valence-corrected chi connectivity index (χ4v) is 5.05. The first-order valence-electron chi connectivity index (χ1n) is 10.2. The van der Waals surface area contributed by atoms with Crippen LogP contribution in [-0.2, 0) is 21.5 Å². The van der Waals surface area contributed by atoms with E-state index >= 15 is 0 Å². The molecule has 4 amide bonds. The SMILES string of the molecule is N#CCCSc1ccccc1NC(=O)CN1C(=O)N[C@@]2(CCCc3ccccc32)C1=O. The Bertz CT molecular complexity index is 1080. The lowest BCUT2D eigenvalue weighted by Crippen LogP contribution is -2.47. The summed E-state index contributed by atoms with van der Waals surface area (Å²) in [5, 5.41) is 14.4. The number of nitrogens with zero attached hydrogens (tertiary/aromatic N) is 2. The third kappa shape index (κ3) is 4.01. The van der Waals surface area contributed by atoms with Crippen LogP contribution in [0.1, 0.15) is 30.4 Å². The van der Waals surface area contributed by atoms with Crippen molar-refractivity contribution in [3.63, 3.8) is 0 Å². The van der Waals surface area contributed by atoms with Crippen LogP contribution in [0.5, 0.6) is 0 Å². The monoisotopic (exact) mass is 434 g/mol. The summed E-state index contributed by atoms with van der Waals surface area (Å²) < 4.78 is 0. The van der Waals surface area contributed by atoms with Gasteiger partial charge in [-0.3, -0.25) is 14.5 Å². The second kappa shape index (κ2) is 8.82. The maximum Gasteiger partial charge on any atom is 0.325 e. The molecule has 0 bridgehead atoms. The molecule has 0 saturated carbocycles. The average molecular weight is 435 g/mol. The number of nitriles is 1. The molecular weight excluding hydrogens is 412 g/mol. The molecule has 0 radical (unpaired) electrons. The molecule has 2 aromatic rings. The minimum absolute atomic E-state index is 0.355. The quantitative estimate of drug-likeness (QED) is 0.412. The van der Waals surface area contributed by atoms with Crippen LogP contribution in [0, 0.1) is 11.3 Å². The lowest BCUT2D eigenvalue weighted by atomic mass is 9.76. The maximum atomic E-state index is 13.3. The Morgan fingerprint density at radius 3 is 2.81 bits per heavy atom. The van der Waals surface area contributed by atoms with E-state index in [-0.39, 0.29) is 12.5 Å². The largest absolute Gasteiger partial charge is 0.325 e. The second-order valence-electron chi connectivity index (χ2n) is 7.54. The highest BCUT2D eigenvalue weighted by Gasteiger charge is 2.54. The lowest BCUT2D eigenvalue weighted by Gasteiger charge is -2.33. The Labute approximate surface area is 184 Å². The van der Waals surface area contributed by atoms with Crippen molar-refractivity contribution in [3.05, 3.63) is 59.7 Å². The van der Waals surface area contributed by atoms with E-state index in [2.05, 4.69) is 16.7 Å². The summed E-state index contributed by atoms with van der Waals surface area (Å²) >= 11 is 1.47. The number of urea groups is 1. The minimum atomic E-state index is -1.09. The molecule has 2 N–H and O–H groups in total. The molecule has 1 spiro atoms. The van der Waals surface area contributed by atoms with Gasteiger partial charge in [-0.05, 0) is 42.5 Å². The van der Waals surface area contributed by atoms with Crippen molar-refractivity contribution >= 4 is 35.3 Å². The molecule has 1 saturated heterocycles. The predicted octanol–water partition coefficient (Wildman–Crippen LogP) is 3.41. The molecule has 158 valence electrons. The smallest absolute Gasteiger partial charge is 0.324 e. The molecule has 1 aliphatic heterocycles. The van der Waals surface area contributed by atoms with Crippen LogP contribution in [0.25, 0.3) is 0 Å². The first-order chi connectivity index (χ1) is 15.0. The third-order valence-corrected chi connectivity index (χ3v) is 6.66. The summed E-state index contributed by atoms with van der Waals surface area (Å²) in [7, 11) is 0. The number of aryl methyl sites for hydroxylation is 1. The van der Waals surface area contributed by atoms with Crippen LogP contribution in [0.2, 0.25) is 0 Å². The Morgan fingerprint density at radius 1 is 1.19 bits per heavy atom. The summed E-state index contributed by atoms with van der Waals surface area (Å²) in [6.07, 6.45) is 2.57. The molecule has 2 aromatic carbocycles. The Hall–Kier alpha value is -3.31. The number of thioether (sulfide) groups is 1. The minimum Gasteiger partial charge on any atom is -0.324 e. The van der Waals surface area contributed by atoms with Gasteiger partial charge in [-0.15, -0.1) is 11.8 Å². The van der Waals surface area contributed by atoms with Gasteiger partial charge >= 0.3 is 6.03 Å². The van der Waals surface area contributed by atoms with Crippen molar-refractivity contribution < 1.29 is 14.4 Å². The molecule has 8 heteroatoms. The van der Waals surface area contributed by atoms with Crippen LogP contribution >= 0.6 is 11.8 Å². The van der Waals surface area contributed by atoms with Gasteiger partial charge in [0.15, 0.2) is 0 Å². The van der Waals surface area contributed by atoms with Crippen LogP contribution in [0.3, 0.4) is 0 Å². The fraction of sp³-hybridized carbons (Fsp3) is 0.304. The second-order valence-corrected chi connectivity index (χ2v) is 8.68. The summed E-state index contributed by atoms with van der Waals surface area (Å²) in [6, 6.07) is 16.5. The van der Waals surface area contributed by atoms with Crippen molar-refractivity contribution in [2.45, 2.75) is 36.1 Å². The molecule has 7 nitrogen and oxygen atoms in total. The number of carbonyl (C=O) groups excluding carboxylic acids is 3. The highest BCUT2D eigenvalue weighted by Crippen LogP contribution is 2.39. The Kier molecular flexibility index (Phi) is 5.96. The molecule has 1 fully saturated rings. The van der Waals surface area contributed by atoms with Gasteiger partial charge in [0, 0.05) is 17.1 Å². The molecule has 4 rings (SSSR count). The van der Waals surface area contributed by atoms with Crippen LogP contribution < -0.4 is 10.6 Å². The van der Waals surface area contributed by atoms with Crippen molar-refractivity contribution in [3.8, 4) is 6.07 Å². The van der Waals surface area contributed by atoms with E-state index in [1.54, 1.807) is 12.1 Å². The fourth-order valence-electron chi connectivity index (χ4n) is 4.19. The van der Waals surface area contributed by atoms with E-state index in [0.717, 1.165) is 33.8 Å². The van der Waals surface area contributed by atoms with Gasteiger partial charge in [-0.1, -0.05) is 36.4 Å². The molecule has 0 aromatic heterocycles. The summed E-state index contributed by atoms with van der Waals surface area (Å²) in [4.78, 5) is 40.5. The molecule has 0 unspecified atom stereocenters. The van der Waals surface area contributed by atoms with Crippen molar-refractivity contribution in [1.29, 1.82) is 5.26 Å². The van der Waals surface area contributed by atoms with E-state index in [4.69, 9.17) is 5.26 Å². The van der Waals surface area contributed by atoms with Gasteiger partial charge in [0.1, 0.15) is 12.1 Å². The van der Waals surface area contributed by atoms with Gasteiger partial charge in [0.25, 0.3) is 5.91 Å². The van der Waals surface area contributed by atoms with Crippen LogP contribution in [-0.4, -0.2) is 35.0 Å². The lowest BCUT2D eigenvalue weighted by molar-refractivity contribution is -0.134. The number of nitrogens with one attached hydrogen (secondary N) is 2. The van der Waals surface area contributed by atoms with E-state index < -0.39 is 17.5 Å². The molecule has 1 aliphatic carbocycles. The van der Waals surface area contributed by atoms with Crippen LogP contribution in [0.15, 0.2) is 53.4 Å². The molecular formula is C23H22N4O3S. The number of benzene rings is 2. The molecule has 31 heavy (non-hydrogen) atoms. The van der Waals surface area contributed by atoms with Gasteiger partial charge in [0.2, 0.25) is 5.91 Å². The highest BCUT2D eigenvalue weighted by atomic mass is 32.2. The first kappa shape index (κ1) is 20.9. The third-order valence-electron chi connectivity index (χ3n) is 5.59. The van der Waals surface area contributed by atoms with Gasteiger partial charge < -0.3 is 10.6 Å². The number of carbonyl (C=O) groups is 3. The molecule has 1 atom stereocenters. The number of imide groups is 1. The normalized spacial score (nSPS) is 19.6. The zero-order valence-electron chi connectivity index (χ0n) is 16.9. The average Bonchev–Trinajstić information content (AvgIpc) is 3.00. The van der Waals surface area contributed by atoms with Crippen molar-refractivity contribution in [2.75, 3.05) is 17.6 Å². The number of hydrogen-bond donors (Lipinski definition) is 2. The number of amides is 4. The number of anilines is 1. The zero-order chi connectivity index (χ0) is 21.8. The Balaban J connectivity index is 1.49. The number of hydrogen-bond acceptors (Lipinski definition) is 5. The van der Waals surface area contributed by atoms with Crippen LogP contribution in [0.4, 0.5) is 10.5 Å². The number of para-hydroxylation sites is 1. The van der Waals surface area contributed by atoms with Crippen molar-refractivity contribution in [1.82, 2.24) is 10.2 Å². The number of rotatable bonds is 6. The topological polar surface area (TPSA) is 102 Å². The predicted molar refractivity (Wildman–Crippen MR) is 117 cm³/mol. The summed E-state index contributed by atoms with van der Waals surface area (Å²) in [6.45, 7) is -0.355. The number of fused-ring (bicyclic) bond motifs is 2. The maximum absolute atomic E-state index is 13.3. The van der Waals surface area contributed by atoms with E-state index in [9.17, 15) is 14.4 Å². The summed E-state index contributed by atoms with van der Waals surface area (Å²) in [5.74, 6) is -0.215. The summed E-state index contributed by atoms with van der Waals surface area (Å²) in [5.41, 5.74) is 1.39. The Morgan fingerprint density at radius 2 is 1.97 bits per heavy atom. The van der Waals surface area contributed by atoms with Gasteiger partial charge in [-0.2, -0.15) is 5.26 Å². The van der Waals surface area contributed by atoms with E-state index in [1.165, 1.54) is 11.8 Å². The zero-order valence-corrected chi connectivity index (χ0v) is 17.7.